The minimum Gasteiger partial charge on any atom is -0.454 e. The van der Waals surface area contributed by atoms with Crippen molar-refractivity contribution in [2.45, 2.75) is 31.7 Å². The summed E-state index contributed by atoms with van der Waals surface area (Å²) in [7, 11) is 0. The highest BCUT2D eigenvalue weighted by atomic mass is 35.5. The van der Waals surface area contributed by atoms with Crippen molar-refractivity contribution in [3.05, 3.63) is 58.6 Å². The Balaban J connectivity index is 1.48. The normalized spacial score (nSPS) is 18.6. The fourth-order valence-electron chi connectivity index (χ4n) is 3.64. The Bertz CT molecular complexity index is 778. The van der Waals surface area contributed by atoms with E-state index in [1.54, 1.807) is 12.1 Å². The third-order valence-corrected chi connectivity index (χ3v) is 5.20. The van der Waals surface area contributed by atoms with E-state index < -0.39 is 0 Å². The molecule has 0 N–H and O–H groups in total. The summed E-state index contributed by atoms with van der Waals surface area (Å²) in [6, 6.07) is 14.1. The summed E-state index contributed by atoms with van der Waals surface area (Å²) in [6.45, 7) is 0.945. The van der Waals surface area contributed by atoms with Gasteiger partial charge in [-0.05, 0) is 43.4 Å². The van der Waals surface area contributed by atoms with E-state index in [-0.39, 0.29) is 18.7 Å². The number of halogens is 1. The Morgan fingerprint density at radius 3 is 2.88 bits per heavy atom. The first-order chi connectivity index (χ1) is 12.2. The number of fused-ring (bicyclic) bond motifs is 1. The first-order valence-electron chi connectivity index (χ1n) is 8.66. The molecule has 25 heavy (non-hydrogen) atoms. The second-order valence-corrected chi connectivity index (χ2v) is 6.92. The molecule has 2 aliphatic rings. The maximum Gasteiger partial charge on any atom is 0.254 e. The van der Waals surface area contributed by atoms with Crippen LogP contribution in [0.5, 0.6) is 11.5 Å². The van der Waals surface area contributed by atoms with Crippen LogP contribution < -0.4 is 9.47 Å². The van der Waals surface area contributed by atoms with Gasteiger partial charge < -0.3 is 14.4 Å². The number of carbonyl (C=O) groups excluding carboxylic acids is 1. The van der Waals surface area contributed by atoms with Gasteiger partial charge in [0, 0.05) is 18.2 Å². The van der Waals surface area contributed by atoms with Crippen molar-refractivity contribution in [1.82, 2.24) is 4.90 Å². The van der Waals surface area contributed by atoms with Gasteiger partial charge in [-0.2, -0.15) is 0 Å². The zero-order valence-corrected chi connectivity index (χ0v) is 14.7. The summed E-state index contributed by atoms with van der Waals surface area (Å²) in [5, 5.41) is 0.429. The van der Waals surface area contributed by atoms with Crippen LogP contribution in [0.25, 0.3) is 0 Å². The van der Waals surface area contributed by atoms with E-state index in [1.165, 1.54) is 5.56 Å². The monoisotopic (exact) mass is 357 g/mol. The lowest BCUT2D eigenvalue weighted by Crippen LogP contribution is -2.35. The zero-order chi connectivity index (χ0) is 17.2. The maximum atomic E-state index is 13.0. The van der Waals surface area contributed by atoms with E-state index in [9.17, 15) is 4.79 Å². The van der Waals surface area contributed by atoms with E-state index in [2.05, 4.69) is 24.3 Å². The minimum absolute atomic E-state index is 0.0239. The lowest BCUT2D eigenvalue weighted by Gasteiger charge is -2.25. The highest BCUT2D eigenvalue weighted by Gasteiger charge is 2.30. The fourth-order valence-corrected chi connectivity index (χ4v) is 3.90. The van der Waals surface area contributed by atoms with Gasteiger partial charge in [0.15, 0.2) is 11.5 Å². The number of benzene rings is 2. The molecular weight excluding hydrogens is 338 g/mol. The quantitative estimate of drug-likeness (QED) is 0.818. The number of hydrogen-bond acceptors (Lipinski definition) is 3. The van der Waals surface area contributed by atoms with E-state index in [1.807, 2.05) is 11.0 Å². The predicted molar refractivity (Wildman–Crippen MR) is 96.4 cm³/mol. The third-order valence-electron chi connectivity index (χ3n) is 4.92. The average Bonchev–Trinajstić information content (AvgIpc) is 3.29. The van der Waals surface area contributed by atoms with Crippen LogP contribution in [0, 0.1) is 0 Å². The molecule has 130 valence electrons. The molecule has 0 aliphatic carbocycles. The van der Waals surface area contributed by atoms with Crippen molar-refractivity contribution in [2.75, 3.05) is 13.3 Å². The van der Waals surface area contributed by atoms with Gasteiger partial charge in [0.25, 0.3) is 5.91 Å². The summed E-state index contributed by atoms with van der Waals surface area (Å²) in [6.07, 6.45) is 4.06. The second-order valence-electron chi connectivity index (χ2n) is 6.51. The van der Waals surface area contributed by atoms with E-state index >= 15 is 0 Å². The number of likely N-dealkylation sites (tertiary alicyclic amines) is 1. The molecule has 1 unspecified atom stereocenters. The van der Waals surface area contributed by atoms with Crippen LogP contribution in [0.1, 0.15) is 35.2 Å². The van der Waals surface area contributed by atoms with Crippen LogP contribution in [0.4, 0.5) is 0 Å². The van der Waals surface area contributed by atoms with Gasteiger partial charge in [0.05, 0.1) is 5.02 Å². The number of aryl methyl sites for hydroxylation is 1. The number of amides is 1. The second kappa shape index (κ2) is 6.96. The Morgan fingerprint density at radius 2 is 2.04 bits per heavy atom. The highest BCUT2D eigenvalue weighted by Crippen LogP contribution is 2.40. The Kier molecular flexibility index (Phi) is 4.53. The molecular formula is C20H20ClNO3. The van der Waals surface area contributed by atoms with Crippen molar-refractivity contribution in [1.29, 1.82) is 0 Å². The highest BCUT2D eigenvalue weighted by molar-refractivity contribution is 6.32. The molecule has 2 aromatic carbocycles. The molecule has 1 atom stereocenters. The molecule has 2 aliphatic heterocycles. The first-order valence-corrected chi connectivity index (χ1v) is 9.04. The topological polar surface area (TPSA) is 38.8 Å². The van der Waals surface area contributed by atoms with Crippen molar-refractivity contribution >= 4 is 17.5 Å². The minimum atomic E-state index is 0.0239. The number of hydrogen-bond donors (Lipinski definition) is 0. The summed E-state index contributed by atoms with van der Waals surface area (Å²) in [4.78, 5) is 15.0. The standard InChI is InChI=1S/C20H20ClNO3/c21-17-11-15(12-18-19(17)25-13-24-18)20(23)22-10-4-7-16(22)9-8-14-5-2-1-3-6-14/h1-3,5-6,11-12,16H,4,7-10,13H2. The van der Waals surface area contributed by atoms with Crippen molar-refractivity contribution in [2.24, 2.45) is 0 Å². The van der Waals surface area contributed by atoms with Crippen LogP contribution in [-0.4, -0.2) is 30.2 Å². The molecule has 0 radical (unpaired) electrons. The van der Waals surface area contributed by atoms with Crippen molar-refractivity contribution in [3.63, 3.8) is 0 Å². The Hall–Kier alpha value is -2.20. The fraction of sp³-hybridized carbons (Fsp3) is 0.350. The zero-order valence-electron chi connectivity index (χ0n) is 13.9. The SMILES string of the molecule is O=C(c1cc(Cl)c2c(c1)OCO2)N1CCCC1CCc1ccccc1. The lowest BCUT2D eigenvalue weighted by atomic mass is 10.0. The Labute approximate surface area is 152 Å². The van der Waals surface area contributed by atoms with Gasteiger partial charge in [0.2, 0.25) is 6.79 Å². The number of rotatable bonds is 4. The average molecular weight is 358 g/mol. The summed E-state index contributed by atoms with van der Waals surface area (Å²) < 4.78 is 10.7. The largest absolute Gasteiger partial charge is 0.454 e. The van der Waals surface area contributed by atoms with E-state index in [4.69, 9.17) is 21.1 Å². The molecule has 1 fully saturated rings. The van der Waals surface area contributed by atoms with Crippen molar-refractivity contribution in [3.8, 4) is 11.5 Å². The van der Waals surface area contributed by atoms with Gasteiger partial charge in [-0.1, -0.05) is 41.9 Å². The van der Waals surface area contributed by atoms with Gasteiger partial charge in [0.1, 0.15) is 0 Å². The summed E-state index contributed by atoms with van der Waals surface area (Å²) >= 11 is 6.23. The van der Waals surface area contributed by atoms with Crippen LogP contribution in [0.2, 0.25) is 5.02 Å². The first kappa shape index (κ1) is 16.3. The molecule has 5 heteroatoms. The van der Waals surface area contributed by atoms with E-state index in [0.717, 1.165) is 32.2 Å². The summed E-state index contributed by atoms with van der Waals surface area (Å²) in [5.41, 5.74) is 1.88. The molecule has 4 nitrogen and oxygen atoms in total. The van der Waals surface area contributed by atoms with Gasteiger partial charge in [-0.3, -0.25) is 4.79 Å². The van der Waals surface area contributed by atoms with Gasteiger partial charge in [-0.25, -0.2) is 0 Å². The number of carbonyl (C=O) groups is 1. The van der Waals surface area contributed by atoms with Gasteiger partial charge in [-0.15, -0.1) is 0 Å². The molecule has 1 saturated heterocycles. The summed E-state index contributed by atoms with van der Waals surface area (Å²) in [5.74, 6) is 1.10. The molecule has 4 rings (SSSR count). The Morgan fingerprint density at radius 1 is 1.20 bits per heavy atom. The number of nitrogens with zero attached hydrogens (tertiary/aromatic N) is 1. The molecule has 0 bridgehead atoms. The van der Waals surface area contributed by atoms with Crippen LogP contribution >= 0.6 is 11.6 Å². The smallest absolute Gasteiger partial charge is 0.254 e. The van der Waals surface area contributed by atoms with Crippen LogP contribution in [0.3, 0.4) is 0 Å². The molecule has 0 aromatic heterocycles. The molecule has 2 heterocycles. The molecule has 2 aromatic rings. The molecule has 0 spiro atoms. The number of ether oxygens (including phenoxy) is 2. The predicted octanol–water partition coefficient (Wildman–Crippen LogP) is 4.31. The molecule has 1 amide bonds. The lowest BCUT2D eigenvalue weighted by molar-refractivity contribution is 0.0730. The maximum absolute atomic E-state index is 13.0. The van der Waals surface area contributed by atoms with Crippen molar-refractivity contribution < 1.29 is 14.3 Å². The van der Waals surface area contributed by atoms with Gasteiger partial charge >= 0.3 is 0 Å². The molecule has 0 saturated carbocycles. The third kappa shape index (κ3) is 3.31. The van der Waals surface area contributed by atoms with E-state index in [0.29, 0.717) is 22.1 Å². The van der Waals surface area contributed by atoms with Crippen LogP contribution in [-0.2, 0) is 6.42 Å². The van der Waals surface area contributed by atoms with Crippen LogP contribution in [0.15, 0.2) is 42.5 Å².